The molecular formula is C18H25NO3. The standard InChI is InChI=1S/C18H25NO3/c1-5-12(6-2)16-13(7-3)14-9-10-22-18(8-4,11-15(20)21)17(14)19-16/h5,7,19H,1,6,8-11H2,2-4H3,(H,20,21)/b13-7-,16-12-. The highest BCUT2D eigenvalue weighted by atomic mass is 16.5. The maximum absolute atomic E-state index is 11.3. The van der Waals surface area contributed by atoms with Gasteiger partial charge in [-0.3, -0.25) is 4.79 Å². The van der Waals surface area contributed by atoms with Crippen molar-refractivity contribution in [1.82, 2.24) is 4.98 Å². The summed E-state index contributed by atoms with van der Waals surface area (Å²) in [6.45, 7) is 10.5. The molecular weight excluding hydrogens is 278 g/mol. The maximum atomic E-state index is 11.3. The fourth-order valence-electron chi connectivity index (χ4n) is 3.41. The molecule has 4 nitrogen and oxygen atoms in total. The topological polar surface area (TPSA) is 62.3 Å². The molecule has 0 radical (unpaired) electrons. The molecule has 1 aliphatic rings. The lowest BCUT2D eigenvalue weighted by molar-refractivity contribution is -0.148. The number of hydrogen-bond donors (Lipinski definition) is 2. The van der Waals surface area contributed by atoms with E-state index in [1.54, 1.807) is 0 Å². The first-order valence-electron chi connectivity index (χ1n) is 7.92. The number of rotatable bonds is 5. The summed E-state index contributed by atoms with van der Waals surface area (Å²) in [5, 5.41) is 11.5. The fraction of sp³-hybridized carbons (Fsp3) is 0.500. The van der Waals surface area contributed by atoms with Crippen LogP contribution < -0.4 is 10.6 Å². The van der Waals surface area contributed by atoms with Gasteiger partial charge in [0.2, 0.25) is 0 Å². The van der Waals surface area contributed by atoms with Crippen LogP contribution in [0.2, 0.25) is 0 Å². The van der Waals surface area contributed by atoms with Crippen molar-refractivity contribution in [3.63, 3.8) is 0 Å². The third-order valence-electron chi connectivity index (χ3n) is 4.58. The molecule has 0 amide bonds. The van der Waals surface area contributed by atoms with Crippen LogP contribution in [0.15, 0.2) is 12.7 Å². The SMILES string of the molecule is C=C/C(CC)=c1/[nH]c2c(/c1=C/C)CCOC2(CC)CC(=O)O. The van der Waals surface area contributed by atoms with Gasteiger partial charge in [0.1, 0.15) is 5.60 Å². The first-order valence-corrected chi connectivity index (χ1v) is 7.92. The summed E-state index contributed by atoms with van der Waals surface area (Å²) in [5.74, 6) is -0.837. The van der Waals surface area contributed by atoms with Crippen LogP contribution in [0.25, 0.3) is 11.6 Å². The first kappa shape index (κ1) is 16.6. The number of carboxylic acid groups (broad SMARTS) is 1. The number of fused-ring (bicyclic) bond motifs is 1. The lowest BCUT2D eigenvalue weighted by Crippen LogP contribution is -2.38. The number of H-pyrrole nitrogens is 1. The minimum Gasteiger partial charge on any atom is -0.481 e. The van der Waals surface area contributed by atoms with Crippen LogP contribution in [-0.4, -0.2) is 22.7 Å². The van der Waals surface area contributed by atoms with E-state index in [2.05, 4.69) is 24.6 Å². The third kappa shape index (κ3) is 2.63. The van der Waals surface area contributed by atoms with Gasteiger partial charge in [-0.2, -0.15) is 0 Å². The second kappa shape index (κ2) is 6.53. The molecule has 0 aliphatic carbocycles. The van der Waals surface area contributed by atoms with E-state index in [0.717, 1.165) is 29.5 Å². The van der Waals surface area contributed by atoms with Crippen LogP contribution in [0, 0.1) is 0 Å². The van der Waals surface area contributed by atoms with E-state index in [1.165, 1.54) is 10.8 Å². The Morgan fingerprint density at radius 2 is 2.23 bits per heavy atom. The summed E-state index contributed by atoms with van der Waals surface area (Å²) in [5.41, 5.74) is 2.51. The summed E-state index contributed by atoms with van der Waals surface area (Å²) < 4.78 is 5.95. The average Bonchev–Trinajstić information content (AvgIpc) is 2.87. The Balaban J connectivity index is 2.80. The molecule has 1 atom stereocenters. The molecule has 2 rings (SSSR count). The van der Waals surface area contributed by atoms with Crippen LogP contribution in [0.1, 0.15) is 51.3 Å². The van der Waals surface area contributed by atoms with Gasteiger partial charge in [0.05, 0.1) is 18.7 Å². The van der Waals surface area contributed by atoms with Crippen LogP contribution in [0.3, 0.4) is 0 Å². The average molecular weight is 303 g/mol. The normalized spacial score (nSPS) is 23.1. The van der Waals surface area contributed by atoms with Crippen molar-refractivity contribution in [3.05, 3.63) is 34.5 Å². The highest BCUT2D eigenvalue weighted by Crippen LogP contribution is 2.36. The van der Waals surface area contributed by atoms with E-state index < -0.39 is 11.6 Å². The number of aromatic amines is 1. The van der Waals surface area contributed by atoms with Gasteiger partial charge >= 0.3 is 5.97 Å². The molecule has 22 heavy (non-hydrogen) atoms. The zero-order valence-electron chi connectivity index (χ0n) is 13.7. The number of hydrogen-bond acceptors (Lipinski definition) is 2. The fourth-order valence-corrected chi connectivity index (χ4v) is 3.41. The van der Waals surface area contributed by atoms with Gasteiger partial charge < -0.3 is 14.8 Å². The summed E-state index contributed by atoms with van der Waals surface area (Å²) in [7, 11) is 0. The lowest BCUT2D eigenvalue weighted by atomic mass is 9.86. The van der Waals surface area contributed by atoms with Crippen molar-refractivity contribution in [1.29, 1.82) is 0 Å². The Morgan fingerprint density at radius 1 is 1.50 bits per heavy atom. The second-order valence-electron chi connectivity index (χ2n) is 5.66. The van der Waals surface area contributed by atoms with E-state index in [9.17, 15) is 9.90 Å². The van der Waals surface area contributed by atoms with Crippen LogP contribution in [0.5, 0.6) is 0 Å². The quantitative estimate of drug-likeness (QED) is 0.876. The molecule has 120 valence electrons. The van der Waals surface area contributed by atoms with Gasteiger partial charge in [-0.25, -0.2) is 0 Å². The molecule has 4 heteroatoms. The number of ether oxygens (including phenoxy) is 1. The Labute approximate surface area is 131 Å². The molecule has 0 saturated carbocycles. The predicted molar refractivity (Wildman–Crippen MR) is 88.0 cm³/mol. The molecule has 2 heterocycles. The summed E-state index contributed by atoms with van der Waals surface area (Å²) in [6.07, 6.45) is 6.26. The molecule has 0 saturated heterocycles. The van der Waals surface area contributed by atoms with Crippen LogP contribution >= 0.6 is 0 Å². The molecule has 0 aromatic carbocycles. The van der Waals surface area contributed by atoms with Gasteiger partial charge in [0.15, 0.2) is 0 Å². The van der Waals surface area contributed by atoms with Gasteiger partial charge in [-0.05, 0) is 42.5 Å². The van der Waals surface area contributed by atoms with Crippen molar-refractivity contribution in [2.45, 2.75) is 52.1 Å². The van der Waals surface area contributed by atoms with Gasteiger partial charge in [-0.15, -0.1) is 0 Å². The van der Waals surface area contributed by atoms with Gasteiger partial charge in [0, 0.05) is 5.35 Å². The number of aliphatic carboxylic acids is 1. The van der Waals surface area contributed by atoms with E-state index >= 15 is 0 Å². The van der Waals surface area contributed by atoms with Crippen molar-refractivity contribution < 1.29 is 14.6 Å². The summed E-state index contributed by atoms with van der Waals surface area (Å²) in [4.78, 5) is 14.8. The minimum atomic E-state index is -0.837. The highest BCUT2D eigenvalue weighted by molar-refractivity contribution is 5.69. The Kier molecular flexibility index (Phi) is 4.91. The number of nitrogens with one attached hydrogen (secondary N) is 1. The Morgan fingerprint density at radius 3 is 2.73 bits per heavy atom. The zero-order chi connectivity index (χ0) is 16.3. The molecule has 1 unspecified atom stereocenters. The smallest absolute Gasteiger partial charge is 0.306 e. The van der Waals surface area contributed by atoms with Gasteiger partial charge in [-0.1, -0.05) is 32.6 Å². The van der Waals surface area contributed by atoms with E-state index in [0.29, 0.717) is 13.0 Å². The number of allylic oxidation sites excluding steroid dienone is 1. The molecule has 1 aliphatic heterocycles. The zero-order valence-corrected chi connectivity index (χ0v) is 13.7. The molecule has 0 fully saturated rings. The van der Waals surface area contributed by atoms with Crippen molar-refractivity contribution in [2.75, 3.05) is 6.61 Å². The van der Waals surface area contributed by atoms with E-state index in [4.69, 9.17) is 4.74 Å². The minimum absolute atomic E-state index is 0.0187. The lowest BCUT2D eigenvalue weighted by Gasteiger charge is -2.35. The van der Waals surface area contributed by atoms with Crippen molar-refractivity contribution in [2.24, 2.45) is 0 Å². The van der Waals surface area contributed by atoms with E-state index in [-0.39, 0.29) is 6.42 Å². The highest BCUT2D eigenvalue weighted by Gasteiger charge is 2.40. The molecule has 1 aromatic heterocycles. The molecule has 2 N–H and O–H groups in total. The number of aromatic nitrogens is 1. The number of carboxylic acids is 1. The number of carbonyl (C=O) groups is 1. The van der Waals surface area contributed by atoms with Crippen molar-refractivity contribution >= 4 is 17.6 Å². The van der Waals surface area contributed by atoms with Crippen LogP contribution in [-0.2, 0) is 21.6 Å². The Bertz CT molecular complexity index is 699. The molecule has 0 spiro atoms. The largest absolute Gasteiger partial charge is 0.481 e. The van der Waals surface area contributed by atoms with Crippen molar-refractivity contribution in [3.8, 4) is 0 Å². The molecule has 0 bridgehead atoms. The van der Waals surface area contributed by atoms with E-state index in [1.807, 2.05) is 19.9 Å². The summed E-state index contributed by atoms with van der Waals surface area (Å²) >= 11 is 0. The second-order valence-corrected chi connectivity index (χ2v) is 5.66. The summed E-state index contributed by atoms with van der Waals surface area (Å²) in [6, 6.07) is 0. The molecule has 1 aromatic rings. The van der Waals surface area contributed by atoms with Crippen LogP contribution in [0.4, 0.5) is 0 Å². The Hall–Kier alpha value is -1.81. The predicted octanol–water partition coefficient (Wildman–Crippen LogP) is 2.21. The maximum Gasteiger partial charge on any atom is 0.306 e. The monoisotopic (exact) mass is 303 g/mol. The third-order valence-corrected chi connectivity index (χ3v) is 4.58. The first-order chi connectivity index (χ1) is 10.5. The van der Waals surface area contributed by atoms with Gasteiger partial charge in [0.25, 0.3) is 0 Å².